The maximum Gasteiger partial charge on any atom is 0.315 e. The minimum atomic E-state index is -0.202. The van der Waals surface area contributed by atoms with Crippen molar-refractivity contribution >= 4 is 6.03 Å². The Balaban J connectivity index is 2.14. The smallest absolute Gasteiger partial charge is 0.315 e. The van der Waals surface area contributed by atoms with E-state index >= 15 is 0 Å². The van der Waals surface area contributed by atoms with E-state index in [2.05, 4.69) is 42.7 Å². The summed E-state index contributed by atoms with van der Waals surface area (Å²) in [4.78, 5) is 11.8. The Hall–Kier alpha value is -1.55. The molecule has 0 bridgehead atoms. The Kier molecular flexibility index (Phi) is 5.01. The van der Waals surface area contributed by atoms with Gasteiger partial charge < -0.3 is 15.7 Å². The first-order valence-corrected chi connectivity index (χ1v) is 7.39. The quantitative estimate of drug-likeness (QED) is 0.791. The molecule has 1 aromatic carbocycles. The van der Waals surface area contributed by atoms with Crippen molar-refractivity contribution in [1.82, 2.24) is 10.6 Å². The summed E-state index contributed by atoms with van der Waals surface area (Å²) >= 11 is 0. The van der Waals surface area contributed by atoms with E-state index in [9.17, 15) is 4.79 Å². The minimum Gasteiger partial charge on any atom is -0.395 e. The van der Waals surface area contributed by atoms with Crippen molar-refractivity contribution in [1.29, 1.82) is 0 Å². The van der Waals surface area contributed by atoms with Crippen molar-refractivity contribution < 1.29 is 9.90 Å². The Morgan fingerprint density at radius 1 is 1.45 bits per heavy atom. The van der Waals surface area contributed by atoms with Crippen LogP contribution in [-0.2, 0) is 6.42 Å². The summed E-state index contributed by atoms with van der Waals surface area (Å²) < 4.78 is 0. The molecule has 0 aliphatic heterocycles. The monoisotopic (exact) mass is 276 g/mol. The van der Waals surface area contributed by atoms with Crippen LogP contribution in [0.2, 0.25) is 0 Å². The zero-order valence-corrected chi connectivity index (χ0v) is 12.3. The van der Waals surface area contributed by atoms with Gasteiger partial charge in [-0.3, -0.25) is 0 Å². The third kappa shape index (κ3) is 3.51. The number of urea groups is 1. The molecule has 0 fully saturated rings. The highest BCUT2D eigenvalue weighted by Gasteiger charge is 2.22. The predicted octanol–water partition coefficient (Wildman–Crippen LogP) is 2.48. The lowest BCUT2D eigenvalue weighted by atomic mass is 9.85. The van der Waals surface area contributed by atoms with Crippen LogP contribution in [0.3, 0.4) is 0 Å². The molecule has 1 aliphatic rings. The topological polar surface area (TPSA) is 61.4 Å². The lowest BCUT2D eigenvalue weighted by Crippen LogP contribution is -2.40. The summed E-state index contributed by atoms with van der Waals surface area (Å²) in [7, 11) is 0. The van der Waals surface area contributed by atoms with Crippen molar-refractivity contribution in [3.8, 4) is 0 Å². The molecule has 20 heavy (non-hydrogen) atoms. The van der Waals surface area contributed by atoms with Crippen LogP contribution >= 0.6 is 0 Å². The van der Waals surface area contributed by atoms with Gasteiger partial charge in [-0.05, 0) is 41.9 Å². The molecular formula is C16H24N2O2. The van der Waals surface area contributed by atoms with Crippen LogP contribution in [0.15, 0.2) is 18.2 Å². The maximum absolute atomic E-state index is 11.8. The fourth-order valence-corrected chi connectivity index (χ4v) is 2.71. The molecule has 0 aromatic heterocycles. The zero-order chi connectivity index (χ0) is 14.5. The minimum absolute atomic E-state index is 0.0355. The Morgan fingerprint density at radius 2 is 2.25 bits per heavy atom. The molecule has 0 spiro atoms. The number of aryl methyl sites for hydroxylation is 1. The van der Waals surface area contributed by atoms with Crippen LogP contribution in [0.4, 0.5) is 4.79 Å². The second-order valence-corrected chi connectivity index (χ2v) is 5.68. The highest BCUT2D eigenvalue weighted by Crippen LogP contribution is 2.32. The van der Waals surface area contributed by atoms with Gasteiger partial charge in [0, 0.05) is 6.54 Å². The highest BCUT2D eigenvalue weighted by atomic mass is 16.3. The van der Waals surface area contributed by atoms with Crippen LogP contribution in [0.5, 0.6) is 0 Å². The van der Waals surface area contributed by atoms with Crippen molar-refractivity contribution in [2.24, 2.45) is 0 Å². The van der Waals surface area contributed by atoms with Gasteiger partial charge in [-0.25, -0.2) is 4.79 Å². The Labute approximate surface area is 120 Å². The van der Waals surface area contributed by atoms with Crippen LogP contribution in [0, 0.1) is 0 Å². The van der Waals surface area contributed by atoms with Crippen LogP contribution in [0.25, 0.3) is 0 Å². The van der Waals surface area contributed by atoms with Crippen molar-refractivity contribution in [2.45, 2.75) is 45.1 Å². The summed E-state index contributed by atoms with van der Waals surface area (Å²) in [6.45, 7) is 4.62. The molecule has 110 valence electrons. The molecule has 2 amide bonds. The number of benzene rings is 1. The lowest BCUT2D eigenvalue weighted by Gasteiger charge is -2.27. The summed E-state index contributed by atoms with van der Waals surface area (Å²) in [5.74, 6) is 0.492. The largest absolute Gasteiger partial charge is 0.395 e. The van der Waals surface area contributed by atoms with Gasteiger partial charge in [0.15, 0.2) is 0 Å². The predicted molar refractivity (Wildman–Crippen MR) is 79.8 cm³/mol. The van der Waals surface area contributed by atoms with Gasteiger partial charge in [-0.15, -0.1) is 0 Å². The average Bonchev–Trinajstić information content (AvgIpc) is 2.45. The van der Waals surface area contributed by atoms with Gasteiger partial charge >= 0.3 is 6.03 Å². The van der Waals surface area contributed by atoms with Gasteiger partial charge in [-0.1, -0.05) is 32.0 Å². The second kappa shape index (κ2) is 6.75. The van der Waals surface area contributed by atoms with Gasteiger partial charge in [0.1, 0.15) is 0 Å². The van der Waals surface area contributed by atoms with Gasteiger partial charge in [-0.2, -0.15) is 0 Å². The van der Waals surface area contributed by atoms with E-state index < -0.39 is 0 Å². The molecule has 3 N–H and O–H groups in total. The maximum atomic E-state index is 11.8. The van der Waals surface area contributed by atoms with Crippen molar-refractivity contribution in [2.75, 3.05) is 13.2 Å². The van der Waals surface area contributed by atoms with E-state index in [4.69, 9.17) is 5.11 Å². The summed E-state index contributed by atoms with van der Waals surface area (Å²) in [6.07, 6.45) is 3.16. The number of carbonyl (C=O) groups is 1. The molecule has 0 radical (unpaired) electrons. The molecule has 0 unspecified atom stereocenters. The Morgan fingerprint density at radius 3 is 2.95 bits per heavy atom. The third-order valence-electron chi connectivity index (χ3n) is 3.85. The van der Waals surface area contributed by atoms with E-state index in [1.807, 2.05) is 0 Å². The van der Waals surface area contributed by atoms with E-state index in [-0.39, 0.29) is 25.2 Å². The number of carbonyl (C=O) groups excluding carboxylic acids is 1. The van der Waals surface area contributed by atoms with Crippen LogP contribution < -0.4 is 10.6 Å². The molecule has 1 aliphatic carbocycles. The number of fused-ring (bicyclic) bond motifs is 1. The normalized spacial score (nSPS) is 17.7. The number of rotatable bonds is 4. The third-order valence-corrected chi connectivity index (χ3v) is 3.85. The average molecular weight is 276 g/mol. The number of aliphatic hydroxyl groups is 1. The molecule has 0 saturated heterocycles. The molecule has 1 aromatic rings. The van der Waals surface area contributed by atoms with Crippen molar-refractivity contribution in [3.63, 3.8) is 0 Å². The fourth-order valence-electron chi connectivity index (χ4n) is 2.71. The molecule has 0 heterocycles. The van der Waals surface area contributed by atoms with E-state index in [0.29, 0.717) is 5.92 Å². The number of nitrogens with one attached hydrogen (secondary N) is 2. The number of aliphatic hydroxyl groups excluding tert-OH is 1. The first-order valence-electron chi connectivity index (χ1n) is 7.39. The van der Waals surface area contributed by atoms with E-state index in [1.54, 1.807) is 0 Å². The number of hydrogen-bond donors (Lipinski definition) is 3. The zero-order valence-electron chi connectivity index (χ0n) is 12.3. The molecule has 4 nitrogen and oxygen atoms in total. The molecule has 0 saturated carbocycles. The number of amides is 2. The van der Waals surface area contributed by atoms with Gasteiger partial charge in [0.2, 0.25) is 0 Å². The second-order valence-electron chi connectivity index (χ2n) is 5.68. The van der Waals surface area contributed by atoms with E-state index in [0.717, 1.165) is 19.3 Å². The molecule has 4 heteroatoms. The SMILES string of the molecule is CC(C)c1ccc2c(c1)[C@H](NC(=O)NCCO)CCC2. The lowest BCUT2D eigenvalue weighted by molar-refractivity contribution is 0.229. The first-order chi connectivity index (χ1) is 9.61. The Bertz CT molecular complexity index is 472. The van der Waals surface area contributed by atoms with Crippen molar-refractivity contribution in [3.05, 3.63) is 34.9 Å². The van der Waals surface area contributed by atoms with Gasteiger partial charge in [0.05, 0.1) is 12.6 Å². The van der Waals surface area contributed by atoms with E-state index in [1.165, 1.54) is 16.7 Å². The van der Waals surface area contributed by atoms with Crippen LogP contribution in [-0.4, -0.2) is 24.3 Å². The standard InChI is InChI=1S/C16H24N2O2/c1-11(2)13-7-6-12-4-3-5-15(14(12)10-13)18-16(20)17-8-9-19/h6-7,10-11,15,19H,3-5,8-9H2,1-2H3,(H2,17,18,20)/t15-/m1/s1. The summed E-state index contributed by atoms with van der Waals surface area (Å²) in [6, 6.07) is 6.50. The highest BCUT2D eigenvalue weighted by molar-refractivity contribution is 5.74. The molecule has 2 rings (SSSR count). The molecule has 1 atom stereocenters. The fraction of sp³-hybridized carbons (Fsp3) is 0.562. The number of hydrogen-bond acceptors (Lipinski definition) is 2. The summed E-state index contributed by atoms with van der Waals surface area (Å²) in [5.41, 5.74) is 3.91. The molecular weight excluding hydrogens is 252 g/mol. The first kappa shape index (κ1) is 14.9. The summed E-state index contributed by atoms with van der Waals surface area (Å²) in [5, 5.41) is 14.4. The van der Waals surface area contributed by atoms with Gasteiger partial charge in [0.25, 0.3) is 0 Å². The van der Waals surface area contributed by atoms with Crippen LogP contribution in [0.1, 0.15) is 55.3 Å².